The molecule has 0 bridgehead atoms. The zero-order valence-electron chi connectivity index (χ0n) is 10.6. The molecule has 0 aliphatic carbocycles. The molecule has 1 rings (SSSR count). The van der Waals surface area contributed by atoms with E-state index in [0.717, 1.165) is 6.54 Å². The molecule has 1 heterocycles. The lowest BCUT2D eigenvalue weighted by Crippen LogP contribution is -2.52. The Morgan fingerprint density at radius 3 is 2.88 bits per heavy atom. The fraction of sp³-hybridized carbons (Fsp3) is 0.917. The number of ether oxygens (including phenoxy) is 1. The van der Waals surface area contributed by atoms with E-state index in [4.69, 9.17) is 10.5 Å². The van der Waals surface area contributed by atoms with Gasteiger partial charge >= 0.3 is 5.97 Å². The van der Waals surface area contributed by atoms with Gasteiger partial charge in [0.05, 0.1) is 13.5 Å². The first kappa shape index (κ1) is 13.5. The topological polar surface area (TPSA) is 55.6 Å². The molecular formula is C12H24N2O2. The number of nitrogens with two attached hydrogens (primary N) is 1. The van der Waals surface area contributed by atoms with Crippen molar-refractivity contribution in [2.75, 3.05) is 20.2 Å². The van der Waals surface area contributed by atoms with Gasteiger partial charge in [-0.1, -0.05) is 6.92 Å². The molecule has 1 aliphatic heterocycles. The minimum atomic E-state index is -0.138. The summed E-state index contributed by atoms with van der Waals surface area (Å²) in [6, 6.07) is 0.636. The number of rotatable bonds is 4. The average Bonchev–Trinajstić information content (AvgIpc) is 2.28. The fourth-order valence-electron chi connectivity index (χ4n) is 2.64. The van der Waals surface area contributed by atoms with Crippen molar-refractivity contribution in [1.29, 1.82) is 0 Å². The quantitative estimate of drug-likeness (QED) is 0.729. The maximum Gasteiger partial charge on any atom is 0.307 e. The van der Waals surface area contributed by atoms with Crippen LogP contribution in [-0.2, 0) is 9.53 Å². The maximum atomic E-state index is 11.3. The molecule has 0 radical (unpaired) electrons. The number of hydrogen-bond donors (Lipinski definition) is 1. The van der Waals surface area contributed by atoms with Crippen molar-refractivity contribution in [3.05, 3.63) is 0 Å². The molecule has 3 unspecified atom stereocenters. The zero-order chi connectivity index (χ0) is 12.1. The molecular weight excluding hydrogens is 204 g/mol. The van der Waals surface area contributed by atoms with Crippen molar-refractivity contribution >= 4 is 5.97 Å². The van der Waals surface area contributed by atoms with Crippen molar-refractivity contribution in [1.82, 2.24) is 4.90 Å². The van der Waals surface area contributed by atoms with Gasteiger partial charge in [0.15, 0.2) is 0 Å². The van der Waals surface area contributed by atoms with E-state index in [2.05, 4.69) is 18.7 Å². The zero-order valence-corrected chi connectivity index (χ0v) is 10.6. The standard InChI is InChI=1S/C12H24N2O2/c1-9-5-4-6-14(11(9)8-13)10(2)7-12(15)16-3/h9-11H,4-8,13H2,1-3H3. The summed E-state index contributed by atoms with van der Waals surface area (Å²) in [7, 11) is 1.44. The number of esters is 1. The molecule has 4 heteroatoms. The van der Waals surface area contributed by atoms with E-state index in [0.29, 0.717) is 24.9 Å². The number of nitrogens with zero attached hydrogens (tertiary/aromatic N) is 1. The van der Waals surface area contributed by atoms with Crippen LogP contribution >= 0.6 is 0 Å². The predicted octanol–water partition coefficient (Wildman–Crippen LogP) is 0.997. The lowest BCUT2D eigenvalue weighted by Gasteiger charge is -2.42. The number of hydrogen-bond acceptors (Lipinski definition) is 4. The summed E-state index contributed by atoms with van der Waals surface area (Å²) in [6.45, 7) is 6.04. The summed E-state index contributed by atoms with van der Waals surface area (Å²) in [4.78, 5) is 13.6. The van der Waals surface area contributed by atoms with Gasteiger partial charge in [0, 0.05) is 18.6 Å². The second kappa shape index (κ2) is 6.21. The summed E-state index contributed by atoms with van der Waals surface area (Å²) in [5, 5.41) is 0. The van der Waals surface area contributed by atoms with E-state index >= 15 is 0 Å². The molecule has 0 amide bonds. The van der Waals surface area contributed by atoms with Crippen molar-refractivity contribution in [3.63, 3.8) is 0 Å². The second-order valence-electron chi connectivity index (χ2n) is 4.79. The van der Waals surface area contributed by atoms with E-state index in [1.165, 1.54) is 20.0 Å². The van der Waals surface area contributed by atoms with Crippen LogP contribution in [0.25, 0.3) is 0 Å². The molecule has 94 valence electrons. The Bertz CT molecular complexity index is 233. The highest BCUT2D eigenvalue weighted by Gasteiger charge is 2.31. The van der Waals surface area contributed by atoms with E-state index in [-0.39, 0.29) is 12.0 Å². The van der Waals surface area contributed by atoms with E-state index in [1.807, 2.05) is 0 Å². The lowest BCUT2D eigenvalue weighted by molar-refractivity contribution is -0.142. The molecule has 0 aromatic rings. The molecule has 0 spiro atoms. The van der Waals surface area contributed by atoms with Crippen molar-refractivity contribution in [2.45, 2.75) is 45.2 Å². The van der Waals surface area contributed by atoms with E-state index in [9.17, 15) is 4.79 Å². The highest BCUT2D eigenvalue weighted by Crippen LogP contribution is 2.25. The summed E-state index contributed by atoms with van der Waals surface area (Å²) in [5.41, 5.74) is 5.83. The highest BCUT2D eigenvalue weighted by molar-refractivity contribution is 5.69. The number of methoxy groups -OCH3 is 1. The van der Waals surface area contributed by atoms with Crippen LogP contribution in [0, 0.1) is 5.92 Å². The second-order valence-corrected chi connectivity index (χ2v) is 4.79. The van der Waals surface area contributed by atoms with Crippen LogP contribution in [-0.4, -0.2) is 43.2 Å². The third-order valence-corrected chi connectivity index (χ3v) is 3.66. The van der Waals surface area contributed by atoms with Crippen molar-refractivity contribution < 1.29 is 9.53 Å². The van der Waals surface area contributed by atoms with E-state index in [1.54, 1.807) is 0 Å². The Morgan fingerprint density at radius 1 is 1.62 bits per heavy atom. The molecule has 0 aromatic heterocycles. The highest BCUT2D eigenvalue weighted by atomic mass is 16.5. The number of carbonyl (C=O) groups is 1. The van der Waals surface area contributed by atoms with Gasteiger partial charge in [-0.3, -0.25) is 9.69 Å². The lowest BCUT2D eigenvalue weighted by atomic mass is 9.89. The van der Waals surface area contributed by atoms with Gasteiger partial charge in [-0.15, -0.1) is 0 Å². The molecule has 1 aliphatic rings. The Kier molecular flexibility index (Phi) is 5.22. The number of carbonyl (C=O) groups excluding carboxylic acids is 1. The van der Waals surface area contributed by atoms with Crippen LogP contribution in [0.3, 0.4) is 0 Å². The van der Waals surface area contributed by atoms with Crippen LogP contribution in [0.5, 0.6) is 0 Å². The first-order valence-electron chi connectivity index (χ1n) is 6.12. The molecule has 1 fully saturated rings. The Hall–Kier alpha value is -0.610. The van der Waals surface area contributed by atoms with E-state index < -0.39 is 0 Å². The molecule has 3 atom stereocenters. The van der Waals surface area contributed by atoms with Crippen LogP contribution in [0.15, 0.2) is 0 Å². The van der Waals surface area contributed by atoms with Gasteiger partial charge < -0.3 is 10.5 Å². The average molecular weight is 228 g/mol. The molecule has 16 heavy (non-hydrogen) atoms. The van der Waals surface area contributed by atoms with Gasteiger partial charge in [0.2, 0.25) is 0 Å². The normalized spacial score (nSPS) is 28.8. The molecule has 0 aromatic carbocycles. The predicted molar refractivity (Wildman–Crippen MR) is 64.0 cm³/mol. The largest absolute Gasteiger partial charge is 0.469 e. The Morgan fingerprint density at radius 2 is 2.31 bits per heavy atom. The molecule has 0 saturated carbocycles. The third-order valence-electron chi connectivity index (χ3n) is 3.66. The maximum absolute atomic E-state index is 11.3. The van der Waals surface area contributed by atoms with Crippen LogP contribution in [0.2, 0.25) is 0 Å². The minimum Gasteiger partial charge on any atom is -0.469 e. The van der Waals surface area contributed by atoms with Crippen molar-refractivity contribution in [2.24, 2.45) is 11.7 Å². The van der Waals surface area contributed by atoms with Gasteiger partial charge in [-0.2, -0.15) is 0 Å². The summed E-state index contributed by atoms with van der Waals surface area (Å²) in [5.74, 6) is 0.486. The number of piperidine rings is 1. The van der Waals surface area contributed by atoms with Crippen LogP contribution in [0.1, 0.15) is 33.1 Å². The SMILES string of the molecule is COC(=O)CC(C)N1CCCC(C)C1CN. The molecule has 2 N–H and O–H groups in total. The Labute approximate surface area is 98.1 Å². The summed E-state index contributed by atoms with van der Waals surface area (Å²) < 4.78 is 4.71. The Balaban J connectivity index is 2.58. The monoisotopic (exact) mass is 228 g/mol. The van der Waals surface area contributed by atoms with Gasteiger partial charge in [0.25, 0.3) is 0 Å². The first-order valence-corrected chi connectivity index (χ1v) is 6.12. The van der Waals surface area contributed by atoms with Crippen LogP contribution < -0.4 is 5.73 Å². The first-order chi connectivity index (χ1) is 7.60. The molecule has 4 nitrogen and oxygen atoms in total. The third kappa shape index (κ3) is 3.19. The van der Waals surface area contributed by atoms with Gasteiger partial charge in [-0.05, 0) is 32.2 Å². The van der Waals surface area contributed by atoms with Crippen LogP contribution in [0.4, 0.5) is 0 Å². The van der Waals surface area contributed by atoms with Gasteiger partial charge in [0.1, 0.15) is 0 Å². The number of likely N-dealkylation sites (tertiary alicyclic amines) is 1. The fourth-order valence-corrected chi connectivity index (χ4v) is 2.64. The smallest absolute Gasteiger partial charge is 0.307 e. The van der Waals surface area contributed by atoms with Gasteiger partial charge in [-0.25, -0.2) is 0 Å². The molecule has 1 saturated heterocycles. The summed E-state index contributed by atoms with van der Waals surface area (Å²) in [6.07, 6.45) is 2.90. The minimum absolute atomic E-state index is 0.138. The van der Waals surface area contributed by atoms with Crippen molar-refractivity contribution in [3.8, 4) is 0 Å². The summed E-state index contributed by atoms with van der Waals surface area (Å²) >= 11 is 0.